The van der Waals surface area contributed by atoms with E-state index in [0.29, 0.717) is 29.1 Å². The van der Waals surface area contributed by atoms with Crippen LogP contribution in [0.2, 0.25) is 0 Å². The number of fused-ring (bicyclic) bond motifs is 1. The van der Waals surface area contributed by atoms with Crippen LogP contribution in [0.4, 0.5) is 0 Å². The highest BCUT2D eigenvalue weighted by Gasteiger charge is 2.25. The largest absolute Gasteiger partial charge is 0.496 e. The van der Waals surface area contributed by atoms with Gasteiger partial charge in [-0.2, -0.15) is 0 Å². The standard InChI is InChI=1S/C24H24O6/c1-5-28-24(26)23-21(17-8-6-7-9-19(17)27-4)22(25)18-11-10-16(14-20(18)30-23)29-13-12-15(2)3/h6-12,14H,5,13H2,1-4H3. The van der Waals surface area contributed by atoms with E-state index in [1.165, 1.54) is 7.11 Å². The highest BCUT2D eigenvalue weighted by atomic mass is 16.5. The summed E-state index contributed by atoms with van der Waals surface area (Å²) in [5.74, 6) is 0.105. The van der Waals surface area contributed by atoms with Gasteiger partial charge in [0.05, 0.1) is 24.7 Å². The number of methoxy groups -OCH3 is 1. The van der Waals surface area contributed by atoms with Crippen LogP contribution >= 0.6 is 0 Å². The lowest BCUT2D eigenvalue weighted by Gasteiger charge is -2.13. The van der Waals surface area contributed by atoms with Gasteiger partial charge in [-0.1, -0.05) is 23.8 Å². The molecule has 30 heavy (non-hydrogen) atoms. The fourth-order valence-corrected chi connectivity index (χ4v) is 3.00. The van der Waals surface area contributed by atoms with Crippen LogP contribution in [0.1, 0.15) is 31.3 Å². The Balaban J connectivity index is 2.21. The van der Waals surface area contributed by atoms with Crippen LogP contribution in [-0.4, -0.2) is 26.3 Å². The van der Waals surface area contributed by atoms with Crippen molar-refractivity contribution in [3.8, 4) is 22.6 Å². The van der Waals surface area contributed by atoms with Crippen LogP contribution < -0.4 is 14.9 Å². The summed E-state index contributed by atoms with van der Waals surface area (Å²) in [6, 6.07) is 11.9. The molecule has 0 saturated heterocycles. The summed E-state index contributed by atoms with van der Waals surface area (Å²) >= 11 is 0. The monoisotopic (exact) mass is 408 g/mol. The number of ether oxygens (including phenoxy) is 3. The molecule has 0 unspecified atom stereocenters. The summed E-state index contributed by atoms with van der Waals surface area (Å²) in [5.41, 5.74) is 1.60. The van der Waals surface area contributed by atoms with Crippen molar-refractivity contribution in [1.29, 1.82) is 0 Å². The van der Waals surface area contributed by atoms with Crippen molar-refractivity contribution >= 4 is 16.9 Å². The van der Waals surface area contributed by atoms with Gasteiger partial charge in [-0.25, -0.2) is 4.79 Å². The Morgan fingerprint density at radius 3 is 2.60 bits per heavy atom. The Hall–Kier alpha value is -3.54. The summed E-state index contributed by atoms with van der Waals surface area (Å²) in [6.07, 6.45) is 1.94. The molecular weight excluding hydrogens is 384 g/mol. The minimum absolute atomic E-state index is 0.108. The highest BCUT2D eigenvalue weighted by Crippen LogP contribution is 2.33. The molecule has 0 saturated carbocycles. The maximum absolute atomic E-state index is 13.4. The second kappa shape index (κ2) is 9.31. The molecule has 0 amide bonds. The zero-order valence-electron chi connectivity index (χ0n) is 17.5. The van der Waals surface area contributed by atoms with Crippen molar-refractivity contribution in [2.24, 2.45) is 0 Å². The zero-order chi connectivity index (χ0) is 21.7. The van der Waals surface area contributed by atoms with Gasteiger partial charge in [0.2, 0.25) is 11.2 Å². The zero-order valence-corrected chi connectivity index (χ0v) is 17.5. The Morgan fingerprint density at radius 2 is 1.90 bits per heavy atom. The fourth-order valence-electron chi connectivity index (χ4n) is 3.00. The molecule has 1 aromatic heterocycles. The predicted molar refractivity (Wildman–Crippen MR) is 115 cm³/mol. The van der Waals surface area contributed by atoms with Crippen LogP contribution in [0, 0.1) is 0 Å². The molecule has 6 nitrogen and oxygen atoms in total. The van der Waals surface area contributed by atoms with Crippen LogP contribution in [-0.2, 0) is 4.74 Å². The average molecular weight is 408 g/mol. The highest BCUT2D eigenvalue weighted by molar-refractivity contribution is 5.98. The Labute approximate surface area is 174 Å². The van der Waals surface area contributed by atoms with E-state index in [-0.39, 0.29) is 28.9 Å². The first kappa shape index (κ1) is 21.2. The van der Waals surface area contributed by atoms with Crippen LogP contribution in [0.5, 0.6) is 11.5 Å². The van der Waals surface area contributed by atoms with Gasteiger partial charge in [-0.05, 0) is 45.0 Å². The van der Waals surface area contributed by atoms with Crippen LogP contribution in [0.15, 0.2) is 63.3 Å². The van der Waals surface area contributed by atoms with E-state index in [1.807, 2.05) is 19.9 Å². The third kappa shape index (κ3) is 4.38. The van der Waals surface area contributed by atoms with Gasteiger partial charge < -0.3 is 18.6 Å². The quantitative estimate of drug-likeness (QED) is 0.405. The summed E-state index contributed by atoms with van der Waals surface area (Å²) in [4.78, 5) is 26.0. The smallest absolute Gasteiger partial charge is 0.375 e. The van der Waals surface area contributed by atoms with Crippen LogP contribution in [0.25, 0.3) is 22.1 Å². The number of hydrogen-bond donors (Lipinski definition) is 0. The van der Waals surface area contributed by atoms with Gasteiger partial charge >= 0.3 is 5.97 Å². The average Bonchev–Trinajstić information content (AvgIpc) is 2.73. The molecule has 3 rings (SSSR count). The lowest BCUT2D eigenvalue weighted by molar-refractivity contribution is 0.0492. The van der Waals surface area contributed by atoms with E-state index in [0.717, 1.165) is 5.57 Å². The number of allylic oxidation sites excluding steroid dienone is 1. The fraction of sp³-hybridized carbons (Fsp3) is 0.250. The van der Waals surface area contributed by atoms with Gasteiger partial charge in [-0.15, -0.1) is 0 Å². The predicted octanol–water partition coefficient (Wildman–Crippen LogP) is 4.99. The number of carbonyl (C=O) groups excluding carboxylic acids is 1. The summed E-state index contributed by atoms with van der Waals surface area (Å²) in [5, 5.41) is 0.332. The summed E-state index contributed by atoms with van der Waals surface area (Å²) in [6.45, 7) is 6.19. The number of rotatable bonds is 7. The van der Waals surface area contributed by atoms with E-state index in [9.17, 15) is 9.59 Å². The Bertz CT molecular complexity index is 1150. The van der Waals surface area contributed by atoms with Crippen molar-refractivity contribution in [1.82, 2.24) is 0 Å². The number of carbonyl (C=O) groups is 1. The van der Waals surface area contributed by atoms with E-state index >= 15 is 0 Å². The molecule has 0 N–H and O–H groups in total. The molecule has 0 aliphatic heterocycles. The van der Waals surface area contributed by atoms with Crippen molar-refractivity contribution in [3.63, 3.8) is 0 Å². The molecule has 0 spiro atoms. The maximum Gasteiger partial charge on any atom is 0.375 e. The second-order valence-electron chi connectivity index (χ2n) is 6.81. The van der Waals surface area contributed by atoms with Crippen molar-refractivity contribution in [2.75, 3.05) is 20.3 Å². The first-order chi connectivity index (χ1) is 14.5. The molecule has 0 aliphatic carbocycles. The first-order valence-corrected chi connectivity index (χ1v) is 9.63. The van der Waals surface area contributed by atoms with E-state index in [4.69, 9.17) is 18.6 Å². The Kier molecular flexibility index (Phi) is 6.57. The van der Waals surface area contributed by atoms with Gasteiger partial charge in [0, 0.05) is 11.6 Å². The molecule has 2 aromatic carbocycles. The molecule has 6 heteroatoms. The van der Waals surface area contributed by atoms with Crippen LogP contribution in [0.3, 0.4) is 0 Å². The molecule has 0 aliphatic rings. The minimum Gasteiger partial charge on any atom is -0.496 e. The third-order valence-electron chi connectivity index (χ3n) is 4.44. The normalized spacial score (nSPS) is 10.5. The van der Waals surface area contributed by atoms with Gasteiger partial charge in [0.15, 0.2) is 0 Å². The minimum atomic E-state index is -0.715. The molecule has 0 fully saturated rings. The van der Waals surface area contributed by atoms with Gasteiger partial charge in [-0.3, -0.25) is 4.79 Å². The molecule has 1 heterocycles. The van der Waals surface area contributed by atoms with Crippen molar-refractivity contribution in [3.05, 3.63) is 70.1 Å². The van der Waals surface area contributed by atoms with E-state index in [2.05, 4.69) is 0 Å². The lowest BCUT2D eigenvalue weighted by atomic mass is 10.0. The molecular formula is C24H24O6. The molecule has 0 radical (unpaired) electrons. The second-order valence-corrected chi connectivity index (χ2v) is 6.81. The number of hydrogen-bond acceptors (Lipinski definition) is 6. The van der Waals surface area contributed by atoms with Crippen molar-refractivity contribution in [2.45, 2.75) is 20.8 Å². The maximum atomic E-state index is 13.4. The SMILES string of the molecule is CCOC(=O)c1oc2cc(OCC=C(C)C)ccc2c(=O)c1-c1ccccc1OC. The lowest BCUT2D eigenvalue weighted by Crippen LogP contribution is -2.15. The number of esters is 1. The first-order valence-electron chi connectivity index (χ1n) is 9.63. The van der Waals surface area contributed by atoms with Crippen molar-refractivity contribution < 1.29 is 23.4 Å². The number of para-hydroxylation sites is 1. The Morgan fingerprint density at radius 1 is 1.13 bits per heavy atom. The summed E-state index contributed by atoms with van der Waals surface area (Å²) < 4.78 is 22.1. The number of benzene rings is 2. The molecule has 0 atom stereocenters. The molecule has 3 aromatic rings. The third-order valence-corrected chi connectivity index (χ3v) is 4.44. The molecule has 0 bridgehead atoms. The topological polar surface area (TPSA) is 75.0 Å². The molecule has 156 valence electrons. The van der Waals surface area contributed by atoms with Gasteiger partial charge in [0.25, 0.3) is 0 Å². The van der Waals surface area contributed by atoms with E-state index < -0.39 is 5.97 Å². The van der Waals surface area contributed by atoms with Gasteiger partial charge in [0.1, 0.15) is 23.7 Å². The van der Waals surface area contributed by atoms with E-state index in [1.54, 1.807) is 49.4 Å². The summed E-state index contributed by atoms with van der Waals surface area (Å²) in [7, 11) is 1.50.